The SMILES string of the molecule is c1ccc(-c2nc(-c3cccc(-c4cccc(-c5cccc(C6(c7ccccc7)c7ccccc7-c7ccccc76)c5)c4)c3)nc3c2sc2ccccc23)cc1. The first kappa shape index (κ1) is 32.5. The van der Waals surface area contributed by atoms with Gasteiger partial charge in [-0.2, -0.15) is 0 Å². The number of benzene rings is 8. The molecule has 0 spiro atoms. The van der Waals surface area contributed by atoms with Crippen molar-refractivity contribution in [3.63, 3.8) is 0 Å². The summed E-state index contributed by atoms with van der Waals surface area (Å²) in [5, 5.41) is 1.16. The first-order valence-electron chi connectivity index (χ1n) is 19.1. The zero-order valence-electron chi connectivity index (χ0n) is 30.4. The highest BCUT2D eigenvalue weighted by Gasteiger charge is 2.45. The van der Waals surface area contributed by atoms with Gasteiger partial charge in [-0.25, -0.2) is 9.97 Å². The largest absolute Gasteiger partial charge is 0.226 e. The molecular formula is C53H34N2S. The molecule has 0 saturated heterocycles. The predicted molar refractivity (Wildman–Crippen MR) is 234 cm³/mol. The lowest BCUT2D eigenvalue weighted by Crippen LogP contribution is -2.28. The summed E-state index contributed by atoms with van der Waals surface area (Å²) in [5.74, 6) is 0.731. The minimum absolute atomic E-state index is 0.441. The van der Waals surface area contributed by atoms with Gasteiger partial charge in [0, 0.05) is 21.2 Å². The maximum Gasteiger partial charge on any atom is 0.160 e. The molecule has 0 N–H and O–H groups in total. The zero-order chi connectivity index (χ0) is 37.1. The predicted octanol–water partition coefficient (Wildman–Crippen LogP) is 13.9. The van der Waals surface area contributed by atoms with E-state index in [1.165, 1.54) is 49.2 Å². The summed E-state index contributed by atoms with van der Waals surface area (Å²) in [7, 11) is 0. The van der Waals surface area contributed by atoms with Crippen LogP contribution in [0.4, 0.5) is 0 Å². The van der Waals surface area contributed by atoms with E-state index in [1.54, 1.807) is 11.3 Å². The van der Waals surface area contributed by atoms with E-state index >= 15 is 0 Å². The van der Waals surface area contributed by atoms with Crippen LogP contribution in [-0.2, 0) is 5.41 Å². The van der Waals surface area contributed by atoms with Crippen molar-refractivity contribution in [3.8, 4) is 56.0 Å². The molecule has 0 fully saturated rings. The molecule has 262 valence electrons. The Morgan fingerprint density at radius 1 is 0.375 bits per heavy atom. The summed E-state index contributed by atoms with van der Waals surface area (Å²) in [6.07, 6.45) is 0. The van der Waals surface area contributed by atoms with Gasteiger partial charge in [0.1, 0.15) is 0 Å². The monoisotopic (exact) mass is 730 g/mol. The Labute approximate surface area is 330 Å². The van der Waals surface area contributed by atoms with Gasteiger partial charge < -0.3 is 0 Å². The van der Waals surface area contributed by atoms with E-state index in [9.17, 15) is 0 Å². The van der Waals surface area contributed by atoms with Crippen LogP contribution in [0.3, 0.4) is 0 Å². The van der Waals surface area contributed by atoms with E-state index in [0.29, 0.717) is 0 Å². The number of thiophene rings is 1. The van der Waals surface area contributed by atoms with Gasteiger partial charge in [-0.1, -0.05) is 182 Å². The van der Waals surface area contributed by atoms with Crippen LogP contribution in [0.25, 0.3) is 76.3 Å². The lowest BCUT2D eigenvalue weighted by molar-refractivity contribution is 0.769. The van der Waals surface area contributed by atoms with Crippen LogP contribution in [-0.4, -0.2) is 9.97 Å². The first-order chi connectivity index (χ1) is 27.8. The fourth-order valence-corrected chi connectivity index (χ4v) is 10.0. The topological polar surface area (TPSA) is 25.8 Å². The van der Waals surface area contributed by atoms with Crippen molar-refractivity contribution in [2.24, 2.45) is 0 Å². The maximum absolute atomic E-state index is 5.25. The minimum atomic E-state index is -0.441. The number of hydrogen-bond acceptors (Lipinski definition) is 3. The lowest BCUT2D eigenvalue weighted by atomic mass is 9.67. The molecule has 2 aromatic heterocycles. The summed E-state index contributed by atoms with van der Waals surface area (Å²) >= 11 is 1.76. The number of hydrogen-bond donors (Lipinski definition) is 0. The van der Waals surface area contributed by atoms with E-state index in [1.807, 2.05) is 0 Å². The van der Waals surface area contributed by atoms with Crippen LogP contribution < -0.4 is 0 Å². The van der Waals surface area contributed by atoms with Crippen LogP contribution in [0.15, 0.2) is 206 Å². The minimum Gasteiger partial charge on any atom is -0.226 e. The molecule has 0 unspecified atom stereocenters. The standard InChI is InChI=1S/C53H34N2S/c1-3-16-35(17-4-1)49-51-50(45-28-9-12-31-48(45)56-51)55-52(54-49)40-22-14-20-38(33-40)36-18-13-19-37(32-36)39-21-15-25-42(34-39)53(41-23-5-2-6-24-41)46-29-10-7-26-43(46)44-27-8-11-30-47(44)53/h1-34H. The second-order valence-corrected chi connectivity index (χ2v) is 15.5. The summed E-state index contributed by atoms with van der Waals surface area (Å²) in [6, 6.07) is 74.6. The van der Waals surface area contributed by atoms with E-state index in [0.717, 1.165) is 49.4 Å². The molecule has 8 aromatic carbocycles. The third-order valence-electron chi connectivity index (χ3n) is 11.4. The second kappa shape index (κ2) is 13.1. The lowest BCUT2D eigenvalue weighted by Gasteiger charge is -2.34. The molecule has 1 aliphatic carbocycles. The van der Waals surface area contributed by atoms with Gasteiger partial charge in [-0.05, 0) is 79.9 Å². The quantitative estimate of drug-likeness (QED) is 0.170. The molecule has 0 radical (unpaired) electrons. The van der Waals surface area contributed by atoms with E-state index in [4.69, 9.17) is 9.97 Å². The molecule has 2 nitrogen and oxygen atoms in total. The van der Waals surface area contributed by atoms with E-state index < -0.39 is 5.41 Å². The molecule has 0 atom stereocenters. The van der Waals surface area contributed by atoms with Gasteiger partial charge in [0.05, 0.1) is 21.3 Å². The maximum atomic E-state index is 5.25. The molecule has 2 heterocycles. The van der Waals surface area contributed by atoms with Crippen molar-refractivity contribution in [2.75, 3.05) is 0 Å². The van der Waals surface area contributed by atoms with Crippen LogP contribution in [0.5, 0.6) is 0 Å². The van der Waals surface area contributed by atoms with Gasteiger partial charge in [0.25, 0.3) is 0 Å². The highest BCUT2D eigenvalue weighted by molar-refractivity contribution is 7.26. The number of fused-ring (bicyclic) bond motifs is 6. The highest BCUT2D eigenvalue weighted by Crippen LogP contribution is 2.56. The fourth-order valence-electron chi connectivity index (χ4n) is 8.87. The summed E-state index contributed by atoms with van der Waals surface area (Å²) in [5.41, 5.74) is 16.0. The summed E-state index contributed by atoms with van der Waals surface area (Å²) < 4.78 is 2.34. The molecule has 1 aliphatic rings. The van der Waals surface area contributed by atoms with Crippen molar-refractivity contribution in [1.29, 1.82) is 0 Å². The van der Waals surface area contributed by atoms with E-state index in [-0.39, 0.29) is 0 Å². The van der Waals surface area contributed by atoms with Crippen LogP contribution in [0.2, 0.25) is 0 Å². The van der Waals surface area contributed by atoms with Gasteiger partial charge in [0.15, 0.2) is 5.82 Å². The molecule has 56 heavy (non-hydrogen) atoms. The Bertz CT molecular complexity index is 3040. The summed E-state index contributed by atoms with van der Waals surface area (Å²) in [6.45, 7) is 0. The third-order valence-corrected chi connectivity index (χ3v) is 12.5. The van der Waals surface area contributed by atoms with Gasteiger partial charge in [-0.3, -0.25) is 0 Å². The number of aromatic nitrogens is 2. The van der Waals surface area contributed by atoms with Crippen molar-refractivity contribution in [1.82, 2.24) is 9.97 Å². The van der Waals surface area contributed by atoms with Crippen molar-refractivity contribution in [3.05, 3.63) is 229 Å². The molecule has 3 heteroatoms. The van der Waals surface area contributed by atoms with Crippen LogP contribution in [0, 0.1) is 0 Å². The zero-order valence-corrected chi connectivity index (χ0v) is 31.2. The van der Waals surface area contributed by atoms with Crippen molar-refractivity contribution >= 4 is 31.6 Å². The van der Waals surface area contributed by atoms with Gasteiger partial charge in [-0.15, -0.1) is 11.3 Å². The molecule has 0 aliphatic heterocycles. The first-order valence-corrected chi connectivity index (χ1v) is 19.9. The Morgan fingerprint density at radius 3 is 1.57 bits per heavy atom. The van der Waals surface area contributed by atoms with Crippen LogP contribution >= 0.6 is 11.3 Å². The second-order valence-electron chi connectivity index (χ2n) is 14.5. The van der Waals surface area contributed by atoms with Crippen molar-refractivity contribution in [2.45, 2.75) is 5.41 Å². The molecule has 0 bridgehead atoms. The number of nitrogens with zero attached hydrogens (tertiary/aromatic N) is 2. The number of rotatable bonds is 6. The highest BCUT2D eigenvalue weighted by atomic mass is 32.1. The average molecular weight is 731 g/mol. The Morgan fingerprint density at radius 2 is 0.875 bits per heavy atom. The third kappa shape index (κ3) is 5.09. The molecule has 10 aromatic rings. The Kier molecular flexibility index (Phi) is 7.61. The Hall–Kier alpha value is -6.94. The molecule has 0 saturated carbocycles. The van der Waals surface area contributed by atoms with Crippen molar-refractivity contribution < 1.29 is 0 Å². The fraction of sp³-hybridized carbons (Fsp3) is 0.0189. The molecular weight excluding hydrogens is 697 g/mol. The van der Waals surface area contributed by atoms with E-state index in [2.05, 4.69) is 206 Å². The Balaban J connectivity index is 1.03. The molecule has 11 rings (SSSR count). The van der Waals surface area contributed by atoms with Gasteiger partial charge in [0.2, 0.25) is 0 Å². The average Bonchev–Trinajstić information content (AvgIpc) is 3.81. The smallest absolute Gasteiger partial charge is 0.160 e. The molecule has 0 amide bonds. The van der Waals surface area contributed by atoms with Crippen LogP contribution in [0.1, 0.15) is 22.3 Å². The normalized spacial score (nSPS) is 12.8. The summed E-state index contributed by atoms with van der Waals surface area (Å²) in [4.78, 5) is 10.5. The van der Waals surface area contributed by atoms with Gasteiger partial charge >= 0.3 is 0 Å².